The maximum Gasteiger partial charge on any atom is 0.271 e. The lowest BCUT2D eigenvalue weighted by molar-refractivity contribution is 0.0939. The van der Waals surface area contributed by atoms with Crippen molar-refractivity contribution >= 4 is 55.3 Å². The molecule has 77 heavy (non-hydrogen) atoms. The number of aryl methyl sites for hydroxylation is 4. The number of hydrogen-bond donors (Lipinski definition) is 6. The topological polar surface area (TPSA) is 353 Å². The average molecular weight is 1120 g/mol. The number of pyridine rings is 2. The van der Waals surface area contributed by atoms with Gasteiger partial charge in [0, 0.05) is 61.4 Å². The number of amides is 2. The predicted molar refractivity (Wildman–Crippen MR) is 293 cm³/mol. The number of sulfonamides is 2. The molecule has 0 fully saturated rings. The quantitative estimate of drug-likeness (QED) is 0.0139. The molecule has 0 radical (unpaired) electrons. The van der Waals surface area contributed by atoms with Gasteiger partial charge in [-0.05, 0) is 112 Å². The van der Waals surface area contributed by atoms with Crippen LogP contribution in [0.1, 0.15) is 94.1 Å². The Kier molecular flexibility index (Phi) is 25.1. The number of guanidine groups is 1. The minimum Gasteiger partial charge on any atom is -0.495 e. The van der Waals surface area contributed by atoms with Crippen molar-refractivity contribution in [1.29, 1.82) is 5.26 Å². The standard InChI is InChI=1S/C25H31N7O5S.C9H15N3O2S.C9H9NO2S.C7H9N3O/c1-15-10-19(14-26-11-15)24(33)30-31-25(29-22-20(36-5)8-7-9-21(22)37-6)32-38(34,35)18(4)17(3)23-27-12-16(2)13-28-23;1-6-4-11-9(12-5-6)7(2)8(3)15(10,13)14;1-11-7-4-3-5-8(12-2)9(7)13-6-10;1-5-2-6(4-9-3-5)7(11)10-8/h7-14,17-18H,1-6H3,(H,30,33)(H2,29,31,32);4-5,7-8H,1-3H3,(H2,10,13,14);3-5H,1-2H3;2-4H,8H2,1H3,(H,10,11)/t17-,18-;7-,8-;;/m00../s1. The number of ether oxygens (including phenoxy) is 4. The number of nitrogen functional groups attached to an aromatic ring is 1. The number of nitrogens with zero attached hydrogens (tertiary/aromatic N) is 8. The highest BCUT2D eigenvalue weighted by atomic mass is 32.2. The monoisotopic (exact) mass is 1120 g/mol. The highest BCUT2D eigenvalue weighted by molar-refractivity contribution is 8.04. The third-order valence-electron chi connectivity index (χ3n) is 10.9. The van der Waals surface area contributed by atoms with E-state index in [1.54, 1.807) is 122 Å². The van der Waals surface area contributed by atoms with Crippen LogP contribution in [0.2, 0.25) is 0 Å². The van der Waals surface area contributed by atoms with Crippen LogP contribution in [0.4, 0.5) is 5.69 Å². The van der Waals surface area contributed by atoms with Crippen molar-refractivity contribution in [2.45, 2.75) is 82.6 Å². The largest absolute Gasteiger partial charge is 0.495 e. The van der Waals surface area contributed by atoms with Crippen LogP contribution < -0.4 is 51.5 Å². The predicted octanol–water partition coefficient (Wildman–Crippen LogP) is 5.57. The zero-order chi connectivity index (χ0) is 57.5. The van der Waals surface area contributed by atoms with E-state index >= 15 is 0 Å². The molecule has 2 amide bonds. The number of carbonyl (C=O) groups is 2. The van der Waals surface area contributed by atoms with Crippen molar-refractivity contribution < 1.29 is 45.4 Å². The Balaban J connectivity index is 0.000000323. The zero-order valence-electron chi connectivity index (χ0n) is 44.6. The SMILES string of the molecule is COc1cccc(OC)c1NC(=NS(=O)(=O)[C@@H](C)[C@H](C)c1ncc(C)cn1)NNC(=O)c1cncc(C)c1.COc1cccc(OC)c1SC#N.Cc1cnc([C@@H](C)[C@H](C)S(N)(=O)=O)nc1.Cc1cncc(C(=O)NN)c1. The first-order valence-electron chi connectivity index (χ1n) is 23.0. The number of hydrazine groups is 2. The van der Waals surface area contributed by atoms with Gasteiger partial charge in [0.25, 0.3) is 21.8 Å². The molecule has 0 saturated heterocycles. The molecular weight excluding hydrogens is 1050 g/mol. The molecule has 0 aliphatic heterocycles. The number of thioether (sulfide) groups is 1. The van der Waals surface area contributed by atoms with Crippen molar-refractivity contribution in [2.75, 3.05) is 33.8 Å². The minimum atomic E-state index is -4.16. The lowest BCUT2D eigenvalue weighted by atomic mass is 10.1. The van der Waals surface area contributed by atoms with Crippen LogP contribution in [0, 0.1) is 38.4 Å². The van der Waals surface area contributed by atoms with Crippen molar-refractivity contribution in [1.82, 2.24) is 46.2 Å². The van der Waals surface area contributed by atoms with Gasteiger partial charge in [-0.25, -0.2) is 47.8 Å². The molecule has 8 N–H and O–H groups in total. The molecule has 2 aromatic carbocycles. The maximum absolute atomic E-state index is 13.4. The summed E-state index contributed by atoms with van der Waals surface area (Å²) >= 11 is 1.03. The molecule has 0 saturated carbocycles. The number of thiocyanates is 1. The molecule has 6 rings (SSSR count). The molecule has 27 heteroatoms. The Bertz CT molecular complexity index is 3160. The van der Waals surface area contributed by atoms with Crippen LogP contribution in [0.25, 0.3) is 0 Å². The summed E-state index contributed by atoms with van der Waals surface area (Å²) in [5, 5.41) is 16.8. The summed E-state index contributed by atoms with van der Waals surface area (Å²) in [6, 6.07) is 13.8. The summed E-state index contributed by atoms with van der Waals surface area (Å²) in [6.07, 6.45) is 12.7. The summed E-state index contributed by atoms with van der Waals surface area (Å²) in [5.41, 5.74) is 11.6. The minimum absolute atomic E-state index is 0.271. The number of methoxy groups -OCH3 is 4. The van der Waals surface area contributed by atoms with Gasteiger partial charge in [0.15, 0.2) is 0 Å². The second kappa shape index (κ2) is 30.5. The first kappa shape index (κ1) is 63.3. The fourth-order valence-corrected chi connectivity index (χ4v) is 8.65. The second-order valence-corrected chi connectivity index (χ2v) is 21.3. The molecule has 0 spiro atoms. The number of nitriles is 1. The fraction of sp³-hybridized carbons (Fsp3) is 0.320. The molecule has 0 unspecified atom stereocenters. The zero-order valence-corrected chi connectivity index (χ0v) is 47.0. The lowest BCUT2D eigenvalue weighted by Crippen LogP contribution is -2.45. The third kappa shape index (κ3) is 19.6. The van der Waals surface area contributed by atoms with Gasteiger partial charge in [-0.2, -0.15) is 5.26 Å². The lowest BCUT2D eigenvalue weighted by Gasteiger charge is -2.20. The number of carbonyl (C=O) groups excluding carboxylic acids is 2. The van der Waals surface area contributed by atoms with Gasteiger partial charge >= 0.3 is 0 Å². The first-order valence-corrected chi connectivity index (χ1v) is 27.0. The normalized spacial score (nSPS) is 12.5. The van der Waals surface area contributed by atoms with Gasteiger partial charge in [0.1, 0.15) is 50.6 Å². The van der Waals surface area contributed by atoms with E-state index in [-0.39, 0.29) is 23.3 Å². The number of anilines is 1. The van der Waals surface area contributed by atoms with Crippen molar-refractivity contribution in [3.05, 3.63) is 143 Å². The summed E-state index contributed by atoms with van der Waals surface area (Å²) < 4.78 is 74.0. The molecule has 4 aromatic heterocycles. The van der Waals surface area contributed by atoms with E-state index in [0.717, 1.165) is 38.9 Å². The molecule has 24 nitrogen and oxygen atoms in total. The van der Waals surface area contributed by atoms with Crippen LogP contribution in [-0.4, -0.2) is 103 Å². The van der Waals surface area contributed by atoms with Crippen LogP contribution in [0.3, 0.4) is 0 Å². The number of nitrogens with two attached hydrogens (primary N) is 2. The number of rotatable bonds is 15. The Labute approximate surface area is 453 Å². The van der Waals surface area contributed by atoms with E-state index in [1.165, 1.54) is 33.5 Å². The van der Waals surface area contributed by atoms with Gasteiger partial charge < -0.3 is 24.3 Å². The van der Waals surface area contributed by atoms with E-state index in [2.05, 4.69) is 50.5 Å². The molecule has 0 aliphatic carbocycles. The molecule has 0 aliphatic rings. The number of primary sulfonamides is 1. The van der Waals surface area contributed by atoms with Crippen LogP contribution in [0.5, 0.6) is 23.0 Å². The van der Waals surface area contributed by atoms with Crippen molar-refractivity contribution in [2.24, 2.45) is 15.4 Å². The highest BCUT2D eigenvalue weighted by Crippen LogP contribution is 2.37. The molecular formula is C50H64N14O10S3. The number of benzene rings is 2. The summed E-state index contributed by atoms with van der Waals surface area (Å²) in [4.78, 5) is 48.8. The summed E-state index contributed by atoms with van der Waals surface area (Å²) in [7, 11) is -1.65. The fourth-order valence-electron chi connectivity index (χ4n) is 6.21. The van der Waals surface area contributed by atoms with Crippen molar-refractivity contribution in [3.63, 3.8) is 0 Å². The van der Waals surface area contributed by atoms with Gasteiger partial charge in [-0.3, -0.25) is 35.8 Å². The van der Waals surface area contributed by atoms with Gasteiger partial charge in [0.05, 0.1) is 50.1 Å². The summed E-state index contributed by atoms with van der Waals surface area (Å²) in [6.45, 7) is 13.9. The molecule has 4 heterocycles. The molecule has 6 aromatic rings. The van der Waals surface area contributed by atoms with E-state index < -0.39 is 42.4 Å². The van der Waals surface area contributed by atoms with Crippen molar-refractivity contribution in [3.8, 4) is 28.4 Å². The van der Waals surface area contributed by atoms with Gasteiger partial charge in [-0.15, -0.1) is 4.40 Å². The second-order valence-electron chi connectivity index (χ2n) is 16.7. The molecule has 4 atom stereocenters. The van der Waals surface area contributed by atoms with Crippen LogP contribution in [0.15, 0.2) is 107 Å². The van der Waals surface area contributed by atoms with E-state index in [4.69, 9.17) is 35.2 Å². The number of hydrogen-bond acceptors (Lipinski definition) is 19. The highest BCUT2D eigenvalue weighted by Gasteiger charge is 2.30. The Morgan fingerprint density at radius 3 is 1.43 bits per heavy atom. The average Bonchev–Trinajstić information content (AvgIpc) is 3.42. The number of nitrogens with one attached hydrogen (secondary N) is 4. The Hall–Kier alpha value is -8.03. The van der Waals surface area contributed by atoms with Crippen LogP contribution >= 0.6 is 11.8 Å². The Morgan fingerprint density at radius 2 is 1.04 bits per heavy atom. The Morgan fingerprint density at radius 1 is 0.623 bits per heavy atom. The number of para-hydroxylation sites is 1. The smallest absolute Gasteiger partial charge is 0.271 e. The van der Waals surface area contributed by atoms with Gasteiger partial charge in [-0.1, -0.05) is 26.0 Å². The first-order chi connectivity index (χ1) is 36.4. The maximum atomic E-state index is 13.4. The van der Waals surface area contributed by atoms with Gasteiger partial charge in [0.2, 0.25) is 16.0 Å². The van der Waals surface area contributed by atoms with E-state index in [9.17, 15) is 26.4 Å². The van der Waals surface area contributed by atoms with E-state index in [1.807, 2.05) is 37.7 Å². The van der Waals surface area contributed by atoms with Crippen LogP contribution in [-0.2, 0) is 20.0 Å². The third-order valence-corrected chi connectivity index (χ3v) is 14.9. The summed E-state index contributed by atoms with van der Waals surface area (Å²) in [5.74, 6) is 5.81. The molecule has 0 bridgehead atoms. The van der Waals surface area contributed by atoms with E-state index in [0.29, 0.717) is 45.9 Å². The molecule has 412 valence electrons. The number of aromatic nitrogens is 6.